The van der Waals surface area contributed by atoms with Gasteiger partial charge < -0.3 is 29.1 Å². The van der Waals surface area contributed by atoms with Crippen molar-refractivity contribution in [3.8, 4) is 0 Å². The Hall–Kier alpha value is -0.620. The molecule has 0 spiro atoms. The second-order valence-corrected chi connectivity index (χ2v) is 4.27. The molecule has 1 aromatic carbocycles. The fourth-order valence-electron chi connectivity index (χ4n) is 2.63. The van der Waals surface area contributed by atoms with Gasteiger partial charge in [0.1, 0.15) is 12.2 Å². The van der Waals surface area contributed by atoms with E-state index in [0.29, 0.717) is 0 Å². The minimum absolute atomic E-state index is 0. The van der Waals surface area contributed by atoms with Crippen LogP contribution in [0.3, 0.4) is 0 Å². The Kier molecular flexibility index (Phi) is 3.21. The number of amidine groups is 1. The molecule has 2 heterocycles. The molecule has 4 heteroatoms. The summed E-state index contributed by atoms with van der Waals surface area (Å²) in [5.74, 6) is 1.06. The molecule has 1 unspecified atom stereocenters. The third kappa shape index (κ3) is 1.64. The number of benzene rings is 1. The average Bonchev–Trinajstić information content (AvgIpc) is 2.61. The smallest absolute Gasteiger partial charge is 0.281 e. The predicted molar refractivity (Wildman–Crippen MR) is 59.3 cm³/mol. The van der Waals surface area contributed by atoms with Crippen LogP contribution in [-0.4, -0.2) is 35.2 Å². The Morgan fingerprint density at radius 1 is 1.38 bits per heavy atom. The quantitative estimate of drug-likeness (QED) is 0.432. The first-order valence-corrected chi connectivity index (χ1v) is 5.39. The van der Waals surface area contributed by atoms with Crippen LogP contribution in [0.1, 0.15) is 12.0 Å². The third-order valence-electron chi connectivity index (χ3n) is 3.35. The van der Waals surface area contributed by atoms with E-state index in [4.69, 9.17) is 0 Å². The molecule has 0 bridgehead atoms. The maximum Gasteiger partial charge on any atom is 0.281 e. The zero-order valence-electron chi connectivity index (χ0n) is 9.23. The maximum absolute atomic E-state index is 9.90. The minimum Gasteiger partial charge on any atom is -1.00 e. The summed E-state index contributed by atoms with van der Waals surface area (Å²) in [5.41, 5.74) is 2.57. The lowest BCUT2D eigenvalue weighted by Gasteiger charge is -2.23. The zero-order valence-corrected chi connectivity index (χ0v) is 11.4. The second kappa shape index (κ2) is 4.33. The summed E-state index contributed by atoms with van der Waals surface area (Å²) in [6, 6.07) is 8.40. The lowest BCUT2D eigenvalue weighted by molar-refractivity contribution is -0.538. The largest absolute Gasteiger partial charge is 1.00 e. The van der Waals surface area contributed by atoms with Gasteiger partial charge in [0.15, 0.2) is 6.10 Å². The highest BCUT2D eigenvalue weighted by Crippen LogP contribution is 2.27. The first kappa shape index (κ1) is 11.9. The molecule has 1 aromatic rings. The van der Waals surface area contributed by atoms with Gasteiger partial charge in [0, 0.05) is 12.0 Å². The van der Waals surface area contributed by atoms with E-state index < -0.39 is 0 Å². The van der Waals surface area contributed by atoms with E-state index in [2.05, 4.69) is 27.7 Å². The molecule has 3 rings (SSSR count). The van der Waals surface area contributed by atoms with Gasteiger partial charge in [-0.1, -0.05) is 18.2 Å². The number of halogens is 1. The number of hydrogen-bond donors (Lipinski definition) is 1. The van der Waals surface area contributed by atoms with Gasteiger partial charge in [0.05, 0.1) is 13.6 Å². The number of para-hydroxylation sites is 1. The number of likely N-dealkylation sites (N-methyl/N-ethyl adjacent to an activating group) is 1. The van der Waals surface area contributed by atoms with Gasteiger partial charge in [-0.25, -0.2) is 4.90 Å². The molecule has 0 fully saturated rings. The molecule has 1 N–H and O–H groups in total. The average molecular weight is 330 g/mol. The van der Waals surface area contributed by atoms with Gasteiger partial charge in [0.25, 0.3) is 5.84 Å². The normalized spacial score (nSPS) is 22.6. The Bertz CT molecular complexity index is 444. The van der Waals surface area contributed by atoms with Crippen molar-refractivity contribution in [2.24, 2.45) is 0 Å². The third-order valence-corrected chi connectivity index (χ3v) is 3.35. The van der Waals surface area contributed by atoms with Gasteiger partial charge in [-0.3, -0.25) is 4.58 Å². The van der Waals surface area contributed by atoms with Crippen molar-refractivity contribution in [3.63, 3.8) is 0 Å². The van der Waals surface area contributed by atoms with Gasteiger partial charge in [-0.15, -0.1) is 0 Å². The summed E-state index contributed by atoms with van der Waals surface area (Å²) in [6.45, 7) is 1.90. The first-order valence-electron chi connectivity index (χ1n) is 5.39. The topological polar surface area (TPSA) is 26.5 Å². The van der Waals surface area contributed by atoms with E-state index in [1.54, 1.807) is 0 Å². The number of hydrogen-bond acceptors (Lipinski definition) is 2. The summed E-state index contributed by atoms with van der Waals surface area (Å²) in [4.78, 5) is 2.12. The molecule has 0 amide bonds. The monoisotopic (exact) mass is 330 g/mol. The molecule has 3 nitrogen and oxygen atoms in total. The molecule has 0 radical (unpaired) electrons. The summed E-state index contributed by atoms with van der Waals surface area (Å²) in [7, 11) is 2.04. The Morgan fingerprint density at radius 2 is 2.12 bits per heavy atom. The number of aliphatic hydroxyl groups excluding tert-OH is 1. The van der Waals surface area contributed by atoms with Crippen LogP contribution in [0.25, 0.3) is 0 Å². The SMILES string of the molecule is CN1C2=[N+](CCC2O)Cc2ccccc21.[I-]. The van der Waals surface area contributed by atoms with Gasteiger partial charge in [-0.2, -0.15) is 0 Å². The minimum atomic E-state index is -0.289. The molecular weight excluding hydrogens is 315 g/mol. The summed E-state index contributed by atoms with van der Waals surface area (Å²) in [5, 5.41) is 9.90. The van der Waals surface area contributed by atoms with Crippen molar-refractivity contribution in [1.82, 2.24) is 0 Å². The molecule has 0 saturated carbocycles. The summed E-state index contributed by atoms with van der Waals surface area (Å²) < 4.78 is 2.27. The van der Waals surface area contributed by atoms with Crippen LogP contribution >= 0.6 is 0 Å². The highest BCUT2D eigenvalue weighted by Gasteiger charge is 2.38. The summed E-state index contributed by atoms with van der Waals surface area (Å²) in [6.07, 6.45) is 0.566. The van der Waals surface area contributed by atoms with E-state index in [1.807, 2.05) is 13.1 Å². The van der Waals surface area contributed by atoms with Crippen LogP contribution < -0.4 is 28.9 Å². The number of rotatable bonds is 0. The van der Waals surface area contributed by atoms with Crippen LogP contribution in [0.15, 0.2) is 24.3 Å². The van der Waals surface area contributed by atoms with E-state index in [1.165, 1.54) is 11.3 Å². The molecule has 2 aliphatic heterocycles. The van der Waals surface area contributed by atoms with Crippen molar-refractivity contribution >= 4 is 11.5 Å². The highest BCUT2D eigenvalue weighted by molar-refractivity contribution is 5.98. The van der Waals surface area contributed by atoms with Crippen LogP contribution in [0.4, 0.5) is 5.69 Å². The lowest BCUT2D eigenvalue weighted by atomic mass is 10.1. The number of nitrogens with zero attached hydrogens (tertiary/aromatic N) is 2. The Morgan fingerprint density at radius 3 is 2.94 bits per heavy atom. The standard InChI is InChI=1S/C12H15N2O.HI/c1-13-10-5-3-2-4-9(10)8-14-7-6-11(15)12(13)14;/h2-5,11,15H,6-8H2,1H3;1H/q+1;/p-1. The van der Waals surface area contributed by atoms with Gasteiger partial charge in [0.2, 0.25) is 0 Å². The van der Waals surface area contributed by atoms with E-state index in [0.717, 1.165) is 25.3 Å². The first-order chi connectivity index (χ1) is 7.27. The molecule has 1 atom stereocenters. The lowest BCUT2D eigenvalue weighted by Crippen LogP contribution is -3.00. The number of anilines is 1. The van der Waals surface area contributed by atoms with Gasteiger partial charge in [-0.05, 0) is 6.07 Å². The Balaban J connectivity index is 0.000000963. The van der Waals surface area contributed by atoms with Crippen molar-refractivity contribution in [2.75, 3.05) is 18.5 Å². The van der Waals surface area contributed by atoms with E-state index >= 15 is 0 Å². The molecule has 0 aromatic heterocycles. The molecule has 16 heavy (non-hydrogen) atoms. The molecule has 0 aliphatic carbocycles. The highest BCUT2D eigenvalue weighted by atomic mass is 127. The van der Waals surface area contributed by atoms with Crippen molar-refractivity contribution in [1.29, 1.82) is 0 Å². The number of aliphatic hydroxyl groups is 1. The van der Waals surface area contributed by atoms with Crippen LogP contribution in [0.2, 0.25) is 0 Å². The van der Waals surface area contributed by atoms with Gasteiger partial charge >= 0.3 is 0 Å². The Labute approximate surface area is 112 Å². The van der Waals surface area contributed by atoms with Crippen LogP contribution in [0.5, 0.6) is 0 Å². The molecule has 86 valence electrons. The summed E-state index contributed by atoms with van der Waals surface area (Å²) >= 11 is 0. The van der Waals surface area contributed by atoms with Crippen molar-refractivity contribution in [2.45, 2.75) is 19.1 Å². The molecular formula is C12H15IN2O. The zero-order chi connectivity index (χ0) is 10.4. The fraction of sp³-hybridized carbons (Fsp3) is 0.417. The fourth-order valence-corrected chi connectivity index (χ4v) is 2.63. The van der Waals surface area contributed by atoms with Crippen LogP contribution in [-0.2, 0) is 6.54 Å². The van der Waals surface area contributed by atoms with E-state index in [-0.39, 0.29) is 30.1 Å². The predicted octanol–water partition coefficient (Wildman–Crippen LogP) is -2.18. The number of fused-ring (bicyclic) bond motifs is 1. The van der Waals surface area contributed by atoms with Crippen LogP contribution in [0, 0.1) is 0 Å². The van der Waals surface area contributed by atoms with Crippen molar-refractivity contribution < 1.29 is 33.7 Å². The molecule has 2 aliphatic rings. The van der Waals surface area contributed by atoms with E-state index in [9.17, 15) is 5.11 Å². The van der Waals surface area contributed by atoms with Crippen molar-refractivity contribution in [3.05, 3.63) is 29.8 Å². The second-order valence-electron chi connectivity index (χ2n) is 4.27. The molecule has 0 saturated heterocycles. The maximum atomic E-state index is 9.90.